The molecule has 1 saturated heterocycles. The molecule has 3 aromatic rings. The maximum atomic E-state index is 13.6. The van der Waals surface area contributed by atoms with E-state index in [2.05, 4.69) is 0 Å². The molecule has 12 nitrogen and oxygen atoms in total. The minimum atomic E-state index is -2.27. The fraction of sp³-hybridized carbons (Fsp3) is 0.448. The van der Waals surface area contributed by atoms with Crippen LogP contribution in [-0.2, 0) is 4.74 Å². The van der Waals surface area contributed by atoms with E-state index in [-0.39, 0.29) is 27.8 Å². The number of aliphatic hydroxyl groups excluding tert-OH is 1. The summed E-state index contributed by atoms with van der Waals surface area (Å²) in [6.07, 6.45) is 0. The number of carbonyl (C=O) groups excluding carboxylic acids is 1. The number of hydrogen-bond acceptors (Lipinski definition) is 12. The van der Waals surface area contributed by atoms with Crippen molar-refractivity contribution in [2.75, 3.05) is 19.8 Å². The molecule has 2 aliphatic heterocycles. The van der Waals surface area contributed by atoms with Gasteiger partial charge in [-0.25, -0.2) is 0 Å². The van der Waals surface area contributed by atoms with E-state index in [1.165, 1.54) is 65.0 Å². The SMILES string of the molecule is C[C@]1(Oc2ccc3c(=O)c(-c4ccc5c(c4)OCCO5)c(C(=O)[O-])oc3c2)O[C@](C)(CO)[C@@](C)(O)[C@@](C)(O)[C@@]1(C)O. The molecule has 2 aliphatic rings. The lowest BCUT2D eigenvalue weighted by Gasteiger charge is -2.64. The number of carbonyl (C=O) groups is 1. The van der Waals surface area contributed by atoms with Crippen LogP contribution < -0.4 is 24.7 Å². The Morgan fingerprint density at radius 1 is 0.927 bits per heavy atom. The van der Waals surface area contributed by atoms with Crippen LogP contribution in [0.2, 0.25) is 0 Å². The predicted molar refractivity (Wildman–Crippen MR) is 141 cm³/mol. The number of fused-ring (bicyclic) bond motifs is 2. The van der Waals surface area contributed by atoms with Crippen LogP contribution in [0, 0.1) is 0 Å². The Morgan fingerprint density at radius 2 is 1.59 bits per heavy atom. The van der Waals surface area contributed by atoms with Crippen molar-refractivity contribution in [3.8, 4) is 28.4 Å². The van der Waals surface area contributed by atoms with Crippen LogP contribution in [0.4, 0.5) is 0 Å². The Balaban J connectivity index is 1.60. The van der Waals surface area contributed by atoms with Crippen molar-refractivity contribution in [3.05, 3.63) is 52.4 Å². The second-order valence-corrected chi connectivity index (χ2v) is 11.2. The first kappa shape index (κ1) is 28.8. The van der Waals surface area contributed by atoms with Crippen LogP contribution in [0.25, 0.3) is 22.1 Å². The zero-order valence-electron chi connectivity index (χ0n) is 23.1. The predicted octanol–water partition coefficient (Wildman–Crippen LogP) is 0.724. The highest BCUT2D eigenvalue weighted by molar-refractivity contribution is 5.96. The summed E-state index contributed by atoms with van der Waals surface area (Å²) in [5.74, 6) is -3.78. The molecule has 1 aromatic heterocycles. The number of aliphatic hydroxyl groups is 4. The van der Waals surface area contributed by atoms with Gasteiger partial charge >= 0.3 is 0 Å². The van der Waals surface area contributed by atoms with Crippen molar-refractivity contribution in [2.45, 2.75) is 62.8 Å². The monoisotopic (exact) mass is 571 g/mol. The van der Waals surface area contributed by atoms with Gasteiger partial charge in [0.2, 0.25) is 11.2 Å². The van der Waals surface area contributed by atoms with Gasteiger partial charge in [0, 0.05) is 13.0 Å². The number of carboxylic acids is 1. The normalized spacial score (nSPS) is 33.0. The molecule has 220 valence electrons. The molecule has 5 atom stereocenters. The lowest BCUT2D eigenvalue weighted by atomic mass is 9.61. The number of aromatic carboxylic acids is 1. The average Bonchev–Trinajstić information content (AvgIpc) is 2.91. The van der Waals surface area contributed by atoms with E-state index in [1.807, 2.05) is 0 Å². The summed E-state index contributed by atoms with van der Waals surface area (Å²) in [6.45, 7) is 6.18. The molecule has 12 heteroatoms. The third-order valence-corrected chi connectivity index (χ3v) is 8.72. The molecule has 4 N–H and O–H groups in total. The molecular weight excluding hydrogens is 540 g/mol. The molecule has 1 fully saturated rings. The fourth-order valence-electron chi connectivity index (χ4n) is 5.43. The average molecular weight is 572 g/mol. The van der Waals surface area contributed by atoms with Gasteiger partial charge in [-0.1, -0.05) is 6.07 Å². The number of carboxylic acid groups (broad SMARTS) is 1. The number of ether oxygens (including phenoxy) is 4. The van der Waals surface area contributed by atoms with Crippen LogP contribution in [0.3, 0.4) is 0 Å². The molecule has 2 aromatic carbocycles. The van der Waals surface area contributed by atoms with Crippen LogP contribution >= 0.6 is 0 Å². The minimum absolute atomic E-state index is 0.0174. The van der Waals surface area contributed by atoms with E-state index < -0.39 is 52.0 Å². The van der Waals surface area contributed by atoms with Gasteiger partial charge in [-0.3, -0.25) is 4.79 Å². The quantitative estimate of drug-likeness (QED) is 0.337. The Kier molecular flexibility index (Phi) is 6.44. The van der Waals surface area contributed by atoms with Gasteiger partial charge in [-0.15, -0.1) is 0 Å². The van der Waals surface area contributed by atoms with E-state index in [0.717, 1.165) is 0 Å². The van der Waals surface area contributed by atoms with E-state index in [4.69, 9.17) is 23.4 Å². The van der Waals surface area contributed by atoms with E-state index in [9.17, 15) is 35.1 Å². The van der Waals surface area contributed by atoms with Crippen LogP contribution in [0.1, 0.15) is 45.2 Å². The largest absolute Gasteiger partial charge is 0.542 e. The zero-order valence-corrected chi connectivity index (χ0v) is 23.1. The van der Waals surface area contributed by atoms with Crippen molar-refractivity contribution in [2.24, 2.45) is 0 Å². The molecule has 3 heterocycles. The second kappa shape index (κ2) is 9.16. The second-order valence-electron chi connectivity index (χ2n) is 11.2. The van der Waals surface area contributed by atoms with Crippen molar-refractivity contribution in [1.29, 1.82) is 0 Å². The third kappa shape index (κ3) is 4.01. The highest BCUT2D eigenvalue weighted by atomic mass is 16.7. The summed E-state index contributed by atoms with van der Waals surface area (Å²) in [4.78, 5) is 25.6. The number of rotatable bonds is 5. The van der Waals surface area contributed by atoms with Crippen LogP contribution in [0.5, 0.6) is 17.2 Å². The van der Waals surface area contributed by atoms with Crippen molar-refractivity contribution in [3.63, 3.8) is 0 Å². The van der Waals surface area contributed by atoms with Gasteiger partial charge in [0.1, 0.15) is 47.3 Å². The number of benzene rings is 2. The third-order valence-electron chi connectivity index (χ3n) is 8.72. The topological polar surface area (TPSA) is 188 Å². The molecule has 0 bridgehead atoms. The molecular formula is C29H31O12-. The molecule has 0 spiro atoms. The smallest absolute Gasteiger partial charge is 0.240 e. The molecule has 5 rings (SSSR count). The van der Waals surface area contributed by atoms with Gasteiger partial charge in [-0.2, -0.15) is 0 Å². The van der Waals surface area contributed by atoms with Gasteiger partial charge in [0.15, 0.2) is 22.9 Å². The first-order chi connectivity index (χ1) is 19.0. The van der Waals surface area contributed by atoms with Gasteiger partial charge in [0.05, 0.1) is 17.6 Å². The van der Waals surface area contributed by atoms with Crippen LogP contribution in [-0.4, -0.2) is 74.4 Å². The van der Waals surface area contributed by atoms with Gasteiger partial charge in [0.25, 0.3) is 0 Å². The van der Waals surface area contributed by atoms with Crippen molar-refractivity contribution < 1.29 is 53.7 Å². The lowest BCUT2D eigenvalue weighted by Crippen LogP contribution is -2.85. The Hall–Kier alpha value is -3.68. The molecule has 0 unspecified atom stereocenters. The first-order valence-electron chi connectivity index (χ1n) is 12.9. The van der Waals surface area contributed by atoms with Gasteiger partial charge in [-0.05, 0) is 57.5 Å². The molecule has 0 amide bonds. The molecule has 0 radical (unpaired) electrons. The maximum absolute atomic E-state index is 13.6. The molecule has 41 heavy (non-hydrogen) atoms. The summed E-state index contributed by atoms with van der Waals surface area (Å²) >= 11 is 0. The van der Waals surface area contributed by atoms with Crippen molar-refractivity contribution >= 4 is 16.9 Å². The molecule has 0 saturated carbocycles. The summed E-state index contributed by atoms with van der Waals surface area (Å²) in [5, 5.41) is 56.1. The standard InChI is InChI=1S/C29H32O12/c1-25(14-30)26(2,34)27(3,35)28(4,36)29(5,41-25)40-16-7-8-17-19(13-16)39-23(24(32)33)21(22(17)31)15-6-9-18-20(12-15)38-11-10-37-18/h6-9,12-13,30,34-36H,10-11,14H2,1-5H3,(H,32,33)/p-1/t25-,26-,27-,28-,29+/m1/s1. The summed E-state index contributed by atoms with van der Waals surface area (Å²) in [5.41, 5.74) is -9.32. The summed E-state index contributed by atoms with van der Waals surface area (Å²) in [6, 6.07) is 8.49. The Labute approximate surface area is 234 Å². The Morgan fingerprint density at radius 3 is 2.22 bits per heavy atom. The fourth-order valence-corrected chi connectivity index (χ4v) is 5.43. The summed E-state index contributed by atoms with van der Waals surface area (Å²) in [7, 11) is 0. The highest BCUT2D eigenvalue weighted by Gasteiger charge is 2.75. The lowest BCUT2D eigenvalue weighted by molar-refractivity contribution is -0.441. The van der Waals surface area contributed by atoms with E-state index in [1.54, 1.807) is 6.07 Å². The minimum Gasteiger partial charge on any atom is -0.542 e. The van der Waals surface area contributed by atoms with E-state index in [0.29, 0.717) is 24.7 Å². The van der Waals surface area contributed by atoms with E-state index >= 15 is 0 Å². The Bertz CT molecular complexity index is 1600. The number of hydrogen-bond donors (Lipinski definition) is 4. The van der Waals surface area contributed by atoms with Crippen molar-refractivity contribution in [1.82, 2.24) is 0 Å². The van der Waals surface area contributed by atoms with Gasteiger partial charge < -0.3 is 53.7 Å². The zero-order chi connectivity index (χ0) is 30.2. The highest BCUT2D eigenvalue weighted by Crippen LogP contribution is 2.53. The summed E-state index contributed by atoms with van der Waals surface area (Å²) < 4.78 is 28.6. The maximum Gasteiger partial charge on any atom is 0.240 e. The first-order valence-corrected chi connectivity index (χ1v) is 12.9. The van der Waals surface area contributed by atoms with Crippen LogP contribution in [0.15, 0.2) is 45.6 Å². The molecule has 0 aliphatic carbocycles.